The van der Waals surface area contributed by atoms with Crippen LogP contribution in [0.1, 0.15) is 45.6 Å². The van der Waals surface area contributed by atoms with E-state index in [0.717, 1.165) is 6.26 Å². The lowest BCUT2D eigenvalue weighted by molar-refractivity contribution is -0.195. The second kappa shape index (κ2) is 16.3. The highest BCUT2D eigenvalue weighted by molar-refractivity contribution is 7.99. The molecule has 1 amide bonds. The second-order valence-electron chi connectivity index (χ2n) is 9.59. The van der Waals surface area contributed by atoms with Gasteiger partial charge in [0.15, 0.2) is 26.2 Å². The van der Waals surface area contributed by atoms with Gasteiger partial charge in [0.1, 0.15) is 16.4 Å². The molecule has 0 saturated heterocycles. The fourth-order valence-electron chi connectivity index (χ4n) is 3.66. The van der Waals surface area contributed by atoms with Crippen LogP contribution in [0.25, 0.3) is 0 Å². The van der Waals surface area contributed by atoms with E-state index in [1.165, 1.54) is 0 Å². The molecule has 5 atom stereocenters. The van der Waals surface area contributed by atoms with Crippen LogP contribution in [0.15, 0.2) is 30.3 Å². The molecule has 13 nitrogen and oxygen atoms in total. The first-order chi connectivity index (χ1) is 18.5. The quantitative estimate of drug-likeness (QED) is 0.107. The van der Waals surface area contributed by atoms with Crippen LogP contribution in [0.4, 0.5) is 0 Å². The van der Waals surface area contributed by atoms with Crippen molar-refractivity contribution in [2.45, 2.75) is 62.9 Å². The second-order valence-corrected chi connectivity index (χ2v) is 14.6. The summed E-state index contributed by atoms with van der Waals surface area (Å²) in [5, 5.41) is 2.36. The van der Waals surface area contributed by atoms with Gasteiger partial charge in [-0.1, -0.05) is 51.1 Å². The molecule has 0 bridgehead atoms. The van der Waals surface area contributed by atoms with Crippen molar-refractivity contribution in [3.8, 4) is 0 Å². The number of sulfone groups is 1. The molecule has 40 heavy (non-hydrogen) atoms. The Bertz CT molecular complexity index is 1150. The summed E-state index contributed by atoms with van der Waals surface area (Å²) in [7, 11) is -3.57. The van der Waals surface area contributed by atoms with E-state index >= 15 is 0 Å². The predicted octanol–water partition coefficient (Wildman–Crippen LogP) is 0.732. The van der Waals surface area contributed by atoms with E-state index in [2.05, 4.69) is 5.32 Å². The number of nitrogens with one attached hydrogen (secondary N) is 1. The smallest absolute Gasteiger partial charge is 0.328 e. The van der Waals surface area contributed by atoms with Crippen LogP contribution >= 0.6 is 0 Å². The number of esters is 2. The number of rotatable bonds is 17. The summed E-state index contributed by atoms with van der Waals surface area (Å²) in [6.45, 7) is 4.23. The number of nitrogens with two attached hydrogens (primary N) is 1. The molecule has 228 valence electrons. The van der Waals surface area contributed by atoms with Crippen LogP contribution in [-0.4, -0.2) is 78.8 Å². The Kier molecular flexibility index (Phi) is 14.6. The lowest BCUT2D eigenvalue weighted by atomic mass is 9.91. The van der Waals surface area contributed by atoms with Gasteiger partial charge in [0.2, 0.25) is 12.2 Å². The maximum absolute atomic E-state index is 13.3. The number of carbonyl (C=O) groups excluding carboxylic acids is 3. The zero-order valence-electron chi connectivity index (χ0n) is 22.8. The minimum absolute atomic E-state index is 0.0607. The summed E-state index contributed by atoms with van der Waals surface area (Å²) >= 11 is -6.14. The molecule has 0 spiro atoms. The van der Waals surface area contributed by atoms with E-state index in [1.54, 1.807) is 51.1 Å². The fraction of sp³-hybridized carbons (Fsp3) is 0.625. The molecule has 0 fully saturated rings. The van der Waals surface area contributed by atoms with Crippen molar-refractivity contribution in [2.24, 2.45) is 17.6 Å². The van der Waals surface area contributed by atoms with E-state index in [4.69, 9.17) is 15.2 Å². The molecule has 0 aliphatic rings. The van der Waals surface area contributed by atoms with Crippen molar-refractivity contribution in [2.75, 3.05) is 18.6 Å². The zero-order chi connectivity index (χ0) is 30.7. The van der Waals surface area contributed by atoms with Crippen LogP contribution < -0.4 is 11.1 Å². The van der Waals surface area contributed by atoms with E-state index in [1.807, 2.05) is 0 Å². The molecule has 0 aromatic heterocycles. The number of hydrogen-bond acceptors (Lipinski definition) is 10. The highest BCUT2D eigenvalue weighted by Crippen LogP contribution is 2.33. The van der Waals surface area contributed by atoms with Crippen LogP contribution in [-0.2, 0) is 62.3 Å². The Balaban J connectivity index is 3.23. The maximum atomic E-state index is 13.3. The standard InChI is InChI=1S/C24H38N2O11S3/c1-5-20(27)36-23(16(2)3)37-21(28)15-26-22(29)18(13-17-9-7-6-8-10-17)14-24(38(30)31,39(32)33)19(25)11-12-40(4,34)35/h6-10,16,18-19,23H,5,11-15,25H2,1-4H3,(H,26,29)(H,30,31)(H,32,33). The Morgan fingerprint density at radius 2 is 1.60 bits per heavy atom. The van der Waals surface area contributed by atoms with Gasteiger partial charge in [-0.25, -0.2) is 16.8 Å². The largest absolute Gasteiger partial charge is 0.425 e. The van der Waals surface area contributed by atoms with Crippen LogP contribution in [0.3, 0.4) is 0 Å². The van der Waals surface area contributed by atoms with Gasteiger partial charge < -0.3 is 29.6 Å². The molecule has 1 rings (SSSR count). The van der Waals surface area contributed by atoms with Gasteiger partial charge in [0.05, 0.1) is 5.75 Å². The third-order valence-corrected chi connectivity index (χ3v) is 9.87. The van der Waals surface area contributed by atoms with E-state index in [0.29, 0.717) is 5.56 Å². The monoisotopic (exact) mass is 626 g/mol. The van der Waals surface area contributed by atoms with Gasteiger partial charge >= 0.3 is 11.9 Å². The first-order valence-corrected chi connectivity index (χ1v) is 16.7. The summed E-state index contributed by atoms with van der Waals surface area (Å²) in [6.07, 6.45) is -1.39. The van der Waals surface area contributed by atoms with Crippen molar-refractivity contribution in [3.05, 3.63) is 35.9 Å². The molecular weight excluding hydrogens is 588 g/mol. The van der Waals surface area contributed by atoms with Gasteiger partial charge in [0.25, 0.3) is 0 Å². The average molecular weight is 627 g/mol. The summed E-state index contributed by atoms with van der Waals surface area (Å²) < 4.78 is 76.3. The van der Waals surface area contributed by atoms with Gasteiger partial charge in [0, 0.05) is 30.6 Å². The molecule has 16 heteroatoms. The molecule has 0 saturated carbocycles. The highest BCUT2D eigenvalue weighted by atomic mass is 32.3. The summed E-state index contributed by atoms with van der Waals surface area (Å²) in [5.74, 6) is -4.48. The van der Waals surface area contributed by atoms with Crippen molar-refractivity contribution >= 4 is 49.8 Å². The third-order valence-electron chi connectivity index (χ3n) is 5.92. The summed E-state index contributed by atoms with van der Waals surface area (Å²) in [5.41, 5.74) is 6.64. The number of carbonyl (C=O) groups is 3. The number of amides is 1. The van der Waals surface area contributed by atoms with Crippen molar-refractivity contribution in [1.82, 2.24) is 5.32 Å². The molecule has 0 heterocycles. The van der Waals surface area contributed by atoms with Crippen molar-refractivity contribution < 1.29 is 49.8 Å². The summed E-state index contributed by atoms with van der Waals surface area (Å²) in [6, 6.07) is 6.87. The Labute approximate surface area is 239 Å². The fourth-order valence-corrected chi connectivity index (χ4v) is 6.27. The van der Waals surface area contributed by atoms with Crippen LogP contribution in [0.5, 0.6) is 0 Å². The zero-order valence-corrected chi connectivity index (χ0v) is 25.3. The van der Waals surface area contributed by atoms with E-state index in [-0.39, 0.29) is 18.8 Å². The molecule has 5 N–H and O–H groups in total. The lowest BCUT2D eigenvalue weighted by Gasteiger charge is -2.35. The molecule has 5 unspecified atom stereocenters. The van der Waals surface area contributed by atoms with E-state index < -0.39 is 97.3 Å². The van der Waals surface area contributed by atoms with Crippen LogP contribution in [0, 0.1) is 11.8 Å². The molecule has 1 aromatic carbocycles. The first-order valence-electron chi connectivity index (χ1n) is 12.4. The lowest BCUT2D eigenvalue weighted by Crippen LogP contribution is -2.57. The molecule has 1 aromatic rings. The van der Waals surface area contributed by atoms with Gasteiger partial charge in [-0.05, 0) is 24.8 Å². The Morgan fingerprint density at radius 1 is 1.05 bits per heavy atom. The van der Waals surface area contributed by atoms with Crippen LogP contribution in [0.2, 0.25) is 0 Å². The van der Waals surface area contributed by atoms with E-state index in [9.17, 15) is 40.3 Å². The Hall–Kier alpha value is -2.24. The SMILES string of the molecule is CCC(=O)OC(OC(=O)CNC(=O)C(Cc1ccccc1)CC(C(N)CCS(C)(=O)=O)(S(=O)O)S(=O)O)C(C)C. The molecule has 0 aliphatic heterocycles. The van der Waals surface area contributed by atoms with Crippen molar-refractivity contribution in [1.29, 1.82) is 0 Å². The van der Waals surface area contributed by atoms with Gasteiger partial charge in [-0.2, -0.15) is 0 Å². The third kappa shape index (κ3) is 11.3. The number of ether oxygens (including phenoxy) is 2. The average Bonchev–Trinajstić information content (AvgIpc) is 2.87. The molecular formula is C24H38N2O11S3. The Morgan fingerprint density at radius 3 is 2.08 bits per heavy atom. The van der Waals surface area contributed by atoms with Gasteiger partial charge in [-0.15, -0.1) is 0 Å². The predicted molar refractivity (Wildman–Crippen MR) is 149 cm³/mol. The molecule has 0 radical (unpaired) electrons. The topological polar surface area (TPSA) is 216 Å². The number of hydrogen-bond donors (Lipinski definition) is 4. The van der Waals surface area contributed by atoms with Gasteiger partial charge in [-0.3, -0.25) is 14.4 Å². The minimum Gasteiger partial charge on any atom is -0.425 e. The first kappa shape index (κ1) is 35.8. The minimum atomic E-state index is -3.57. The number of benzene rings is 1. The highest BCUT2D eigenvalue weighted by Gasteiger charge is 2.51. The maximum Gasteiger partial charge on any atom is 0.328 e. The normalized spacial score (nSPS) is 17.1. The summed E-state index contributed by atoms with van der Waals surface area (Å²) in [4.78, 5) is 37.3. The van der Waals surface area contributed by atoms with Crippen molar-refractivity contribution in [3.63, 3.8) is 0 Å². The molecule has 0 aliphatic carbocycles.